The van der Waals surface area contributed by atoms with Crippen LogP contribution in [0.4, 0.5) is 11.4 Å². The van der Waals surface area contributed by atoms with Gasteiger partial charge < -0.3 is 21.1 Å². The van der Waals surface area contributed by atoms with E-state index in [0.717, 1.165) is 0 Å². The van der Waals surface area contributed by atoms with Gasteiger partial charge in [0.15, 0.2) is 5.78 Å². The van der Waals surface area contributed by atoms with Crippen LogP contribution in [0.3, 0.4) is 0 Å². The minimum Gasteiger partial charge on any atom is -0.398 e. The van der Waals surface area contributed by atoms with Gasteiger partial charge in [0.05, 0.1) is 6.61 Å². The molecule has 0 fully saturated rings. The first kappa shape index (κ1) is 16.0. The largest absolute Gasteiger partial charge is 0.398 e. The molecule has 6 heteroatoms. The third-order valence-electron chi connectivity index (χ3n) is 2.81. The molecule has 1 rings (SSSR count). The minimum atomic E-state index is -0.421. The fraction of sp³-hybridized carbons (Fsp3) is 0.429. The fourth-order valence-electron chi connectivity index (χ4n) is 1.70. The Morgan fingerprint density at radius 3 is 2.70 bits per heavy atom. The highest BCUT2D eigenvalue weighted by molar-refractivity contribution is 6.00. The lowest BCUT2D eigenvalue weighted by Gasteiger charge is -2.16. The Labute approximate surface area is 118 Å². The summed E-state index contributed by atoms with van der Waals surface area (Å²) in [4.78, 5) is 23.2. The van der Waals surface area contributed by atoms with Gasteiger partial charge in [0.1, 0.15) is 6.04 Å². The van der Waals surface area contributed by atoms with E-state index >= 15 is 0 Å². The van der Waals surface area contributed by atoms with Gasteiger partial charge in [0.2, 0.25) is 5.91 Å². The summed E-state index contributed by atoms with van der Waals surface area (Å²) < 4.78 is 4.86. The van der Waals surface area contributed by atoms with E-state index in [0.29, 0.717) is 30.1 Å². The highest BCUT2D eigenvalue weighted by Crippen LogP contribution is 2.19. The van der Waals surface area contributed by atoms with Crippen molar-refractivity contribution in [3.63, 3.8) is 0 Å². The maximum atomic E-state index is 11.8. The van der Waals surface area contributed by atoms with Crippen molar-refractivity contribution in [2.75, 3.05) is 31.3 Å². The molecule has 0 heterocycles. The number of nitrogens with two attached hydrogens (primary N) is 1. The van der Waals surface area contributed by atoms with Gasteiger partial charge in [-0.3, -0.25) is 9.59 Å². The third-order valence-corrected chi connectivity index (χ3v) is 2.81. The van der Waals surface area contributed by atoms with Gasteiger partial charge in [-0.1, -0.05) is 0 Å². The molecule has 0 aliphatic carbocycles. The molecule has 0 aliphatic rings. The number of carbonyl (C=O) groups excluding carboxylic acids is 2. The Morgan fingerprint density at radius 1 is 1.40 bits per heavy atom. The van der Waals surface area contributed by atoms with E-state index < -0.39 is 6.04 Å². The van der Waals surface area contributed by atoms with Crippen LogP contribution in [0, 0.1) is 0 Å². The van der Waals surface area contributed by atoms with Gasteiger partial charge in [0.25, 0.3) is 0 Å². The Hall–Kier alpha value is -2.08. The number of hydrogen-bond donors (Lipinski definition) is 3. The van der Waals surface area contributed by atoms with Crippen molar-refractivity contribution in [3.05, 3.63) is 23.8 Å². The molecule has 1 aromatic carbocycles. The Kier molecular flexibility index (Phi) is 5.99. The summed E-state index contributed by atoms with van der Waals surface area (Å²) in [5.74, 6) is -0.244. The van der Waals surface area contributed by atoms with Gasteiger partial charge in [0, 0.05) is 30.6 Å². The summed E-state index contributed by atoms with van der Waals surface area (Å²) in [5, 5.41) is 5.76. The summed E-state index contributed by atoms with van der Waals surface area (Å²) >= 11 is 0. The van der Waals surface area contributed by atoms with Crippen molar-refractivity contribution in [2.24, 2.45) is 0 Å². The van der Waals surface area contributed by atoms with Crippen molar-refractivity contribution in [1.82, 2.24) is 5.32 Å². The van der Waals surface area contributed by atoms with Crippen LogP contribution in [0.5, 0.6) is 0 Å². The smallest absolute Gasteiger partial charge is 0.242 e. The second kappa shape index (κ2) is 7.49. The molecule has 0 saturated carbocycles. The average molecular weight is 279 g/mol. The number of ketones is 1. The molecule has 6 nitrogen and oxygen atoms in total. The molecular formula is C14H21N3O3. The van der Waals surface area contributed by atoms with E-state index in [1.807, 2.05) is 0 Å². The highest BCUT2D eigenvalue weighted by Gasteiger charge is 2.13. The summed E-state index contributed by atoms with van der Waals surface area (Å²) in [7, 11) is 1.57. The Bertz CT molecular complexity index is 489. The van der Waals surface area contributed by atoms with Crippen LogP contribution in [-0.4, -0.2) is 38.0 Å². The standard InChI is InChI=1S/C14H21N3O3/c1-9(14(19)16-6-7-20-3)17-11-4-5-13(15)12(8-11)10(2)18/h4-5,8-9,17H,6-7,15H2,1-3H3,(H,16,19). The molecule has 1 atom stereocenters. The number of Topliss-reactive ketones (excluding diaryl/α,β-unsaturated/α-hetero) is 1. The summed E-state index contributed by atoms with van der Waals surface area (Å²) in [6, 6.07) is 4.61. The molecule has 0 radical (unpaired) electrons. The molecule has 0 aliphatic heterocycles. The minimum absolute atomic E-state index is 0.108. The molecule has 20 heavy (non-hydrogen) atoms. The first-order valence-corrected chi connectivity index (χ1v) is 6.39. The summed E-state index contributed by atoms with van der Waals surface area (Å²) in [6.07, 6.45) is 0. The molecule has 0 spiro atoms. The van der Waals surface area contributed by atoms with Crippen molar-refractivity contribution in [3.8, 4) is 0 Å². The molecule has 0 bridgehead atoms. The predicted molar refractivity (Wildman–Crippen MR) is 78.8 cm³/mol. The van der Waals surface area contributed by atoms with Gasteiger partial charge in [-0.25, -0.2) is 0 Å². The zero-order valence-corrected chi connectivity index (χ0v) is 12.0. The zero-order valence-electron chi connectivity index (χ0n) is 12.0. The van der Waals surface area contributed by atoms with Crippen LogP contribution in [0.1, 0.15) is 24.2 Å². The van der Waals surface area contributed by atoms with Crippen LogP contribution >= 0.6 is 0 Å². The number of nitrogen functional groups attached to an aromatic ring is 1. The maximum absolute atomic E-state index is 11.8. The summed E-state index contributed by atoms with van der Waals surface area (Å²) in [6.45, 7) is 4.12. The normalized spacial score (nSPS) is 11.8. The lowest BCUT2D eigenvalue weighted by Crippen LogP contribution is -2.39. The lowest BCUT2D eigenvalue weighted by molar-refractivity contribution is -0.121. The van der Waals surface area contributed by atoms with Gasteiger partial charge in [-0.05, 0) is 32.0 Å². The van der Waals surface area contributed by atoms with Crippen LogP contribution in [0.15, 0.2) is 18.2 Å². The van der Waals surface area contributed by atoms with E-state index in [2.05, 4.69) is 10.6 Å². The van der Waals surface area contributed by atoms with E-state index in [1.54, 1.807) is 32.2 Å². The number of rotatable bonds is 7. The van der Waals surface area contributed by atoms with Crippen molar-refractivity contribution < 1.29 is 14.3 Å². The van der Waals surface area contributed by atoms with Gasteiger partial charge in [-0.15, -0.1) is 0 Å². The maximum Gasteiger partial charge on any atom is 0.242 e. The molecule has 0 saturated heterocycles. The topological polar surface area (TPSA) is 93.4 Å². The van der Waals surface area contributed by atoms with Crippen LogP contribution in [0.25, 0.3) is 0 Å². The Morgan fingerprint density at radius 2 is 2.10 bits per heavy atom. The highest BCUT2D eigenvalue weighted by atomic mass is 16.5. The van der Waals surface area contributed by atoms with Crippen LogP contribution in [0.2, 0.25) is 0 Å². The van der Waals surface area contributed by atoms with E-state index in [9.17, 15) is 9.59 Å². The fourth-order valence-corrected chi connectivity index (χ4v) is 1.70. The molecule has 1 unspecified atom stereocenters. The van der Waals surface area contributed by atoms with Crippen molar-refractivity contribution >= 4 is 23.1 Å². The van der Waals surface area contributed by atoms with Crippen molar-refractivity contribution in [2.45, 2.75) is 19.9 Å². The second-order valence-electron chi connectivity index (χ2n) is 4.51. The Balaban J connectivity index is 2.66. The van der Waals surface area contributed by atoms with E-state index in [4.69, 9.17) is 10.5 Å². The quantitative estimate of drug-likeness (QED) is 0.394. The number of ether oxygens (including phenoxy) is 1. The third kappa shape index (κ3) is 4.55. The first-order valence-electron chi connectivity index (χ1n) is 6.39. The van der Waals surface area contributed by atoms with Gasteiger partial charge >= 0.3 is 0 Å². The molecule has 4 N–H and O–H groups in total. The summed E-state index contributed by atoms with van der Waals surface area (Å²) in [5.41, 5.74) is 7.28. The number of carbonyl (C=O) groups is 2. The number of anilines is 2. The second-order valence-corrected chi connectivity index (χ2v) is 4.51. The van der Waals surface area contributed by atoms with Gasteiger partial charge in [-0.2, -0.15) is 0 Å². The molecule has 1 amide bonds. The predicted octanol–water partition coefficient (Wildman–Crippen LogP) is 1.03. The van der Waals surface area contributed by atoms with Crippen molar-refractivity contribution in [1.29, 1.82) is 0 Å². The molecule has 1 aromatic rings. The van der Waals surface area contributed by atoms with Crippen LogP contribution < -0.4 is 16.4 Å². The monoisotopic (exact) mass is 279 g/mol. The number of nitrogens with one attached hydrogen (secondary N) is 2. The van der Waals surface area contributed by atoms with Crippen LogP contribution in [-0.2, 0) is 9.53 Å². The lowest BCUT2D eigenvalue weighted by atomic mass is 10.1. The number of amides is 1. The number of methoxy groups -OCH3 is 1. The molecule has 0 aromatic heterocycles. The number of benzene rings is 1. The van der Waals surface area contributed by atoms with E-state index in [-0.39, 0.29) is 11.7 Å². The first-order chi connectivity index (χ1) is 9.45. The zero-order chi connectivity index (χ0) is 15.1. The number of hydrogen-bond acceptors (Lipinski definition) is 5. The SMILES string of the molecule is COCCNC(=O)C(C)Nc1ccc(N)c(C(C)=O)c1. The molecule has 110 valence electrons. The van der Waals surface area contributed by atoms with E-state index in [1.165, 1.54) is 6.92 Å². The average Bonchev–Trinajstić information content (AvgIpc) is 2.40. The molecular weight excluding hydrogens is 258 g/mol.